The number of nitrogens with zero attached hydrogens (tertiary/aromatic N) is 2. The van der Waals surface area contributed by atoms with Gasteiger partial charge < -0.3 is 10.3 Å². The van der Waals surface area contributed by atoms with Crippen LogP contribution in [0.15, 0.2) is 12.4 Å². The molecule has 94 valence electrons. The number of carbonyl (C=O) groups is 1. The molecular formula is C12H20N4O. The van der Waals surface area contributed by atoms with Crippen molar-refractivity contribution in [3.8, 4) is 0 Å². The summed E-state index contributed by atoms with van der Waals surface area (Å²) < 4.78 is 0. The standard InChI is InChI=1S/C12H20N4O/c1-9(2)16(8-11-13-5-6-14-11)7-10-3-4-12(17)15-10/h5-6,9-10H,3-4,7-8H2,1-2H3,(H,13,14)(H,15,17). The third-order valence-corrected chi connectivity index (χ3v) is 3.18. The molecule has 0 aliphatic carbocycles. The molecular weight excluding hydrogens is 216 g/mol. The van der Waals surface area contributed by atoms with Gasteiger partial charge in [0.1, 0.15) is 5.82 Å². The number of carbonyl (C=O) groups excluding carboxylic acids is 1. The maximum atomic E-state index is 11.2. The summed E-state index contributed by atoms with van der Waals surface area (Å²) in [6, 6.07) is 0.734. The average molecular weight is 236 g/mol. The Morgan fingerprint density at radius 3 is 2.94 bits per heavy atom. The Morgan fingerprint density at radius 1 is 1.59 bits per heavy atom. The number of rotatable bonds is 5. The van der Waals surface area contributed by atoms with Crippen LogP contribution < -0.4 is 5.32 Å². The van der Waals surface area contributed by atoms with Gasteiger partial charge in [-0.05, 0) is 20.3 Å². The Balaban J connectivity index is 1.91. The van der Waals surface area contributed by atoms with Crippen molar-refractivity contribution < 1.29 is 4.79 Å². The van der Waals surface area contributed by atoms with Crippen molar-refractivity contribution in [1.82, 2.24) is 20.2 Å². The summed E-state index contributed by atoms with van der Waals surface area (Å²) in [5, 5.41) is 3.01. The normalized spacial score (nSPS) is 20.2. The number of H-pyrrole nitrogens is 1. The highest BCUT2D eigenvalue weighted by molar-refractivity contribution is 5.78. The van der Waals surface area contributed by atoms with Gasteiger partial charge in [0.2, 0.25) is 5.91 Å². The predicted octanol–water partition coefficient (Wildman–Crippen LogP) is 0.899. The lowest BCUT2D eigenvalue weighted by Gasteiger charge is -2.28. The van der Waals surface area contributed by atoms with Gasteiger partial charge in [-0.25, -0.2) is 4.98 Å². The van der Waals surface area contributed by atoms with E-state index in [-0.39, 0.29) is 5.91 Å². The van der Waals surface area contributed by atoms with Crippen LogP contribution in [0.1, 0.15) is 32.5 Å². The minimum Gasteiger partial charge on any atom is -0.352 e. The van der Waals surface area contributed by atoms with Gasteiger partial charge in [0.25, 0.3) is 0 Å². The molecule has 17 heavy (non-hydrogen) atoms. The highest BCUT2D eigenvalue weighted by Gasteiger charge is 2.24. The van der Waals surface area contributed by atoms with E-state index in [9.17, 15) is 4.79 Å². The van der Waals surface area contributed by atoms with Gasteiger partial charge in [0, 0.05) is 37.4 Å². The van der Waals surface area contributed by atoms with Crippen molar-refractivity contribution in [3.63, 3.8) is 0 Å². The van der Waals surface area contributed by atoms with E-state index < -0.39 is 0 Å². The number of hydrogen-bond acceptors (Lipinski definition) is 3. The van der Waals surface area contributed by atoms with Crippen LogP contribution in [0.2, 0.25) is 0 Å². The second-order valence-electron chi connectivity index (χ2n) is 4.86. The Labute approximate surface area is 102 Å². The van der Waals surface area contributed by atoms with Crippen molar-refractivity contribution in [2.45, 2.75) is 45.3 Å². The third kappa shape index (κ3) is 3.30. The van der Waals surface area contributed by atoms with E-state index >= 15 is 0 Å². The molecule has 0 bridgehead atoms. The van der Waals surface area contributed by atoms with E-state index in [2.05, 4.69) is 34.0 Å². The maximum Gasteiger partial charge on any atom is 0.220 e. The Kier molecular flexibility index (Phi) is 3.78. The van der Waals surface area contributed by atoms with Crippen LogP contribution in [0.3, 0.4) is 0 Å². The molecule has 1 aromatic heterocycles. The molecule has 1 aromatic rings. The fraction of sp³-hybridized carbons (Fsp3) is 0.667. The van der Waals surface area contributed by atoms with Crippen molar-refractivity contribution in [2.75, 3.05) is 6.54 Å². The molecule has 0 saturated carbocycles. The predicted molar refractivity (Wildman–Crippen MR) is 65.3 cm³/mol. The van der Waals surface area contributed by atoms with Gasteiger partial charge in [0.05, 0.1) is 6.54 Å². The number of aromatic nitrogens is 2. The van der Waals surface area contributed by atoms with Crippen LogP contribution in [-0.4, -0.2) is 39.4 Å². The molecule has 1 fully saturated rings. The smallest absolute Gasteiger partial charge is 0.220 e. The molecule has 2 rings (SSSR count). The van der Waals surface area contributed by atoms with Gasteiger partial charge in [-0.15, -0.1) is 0 Å². The van der Waals surface area contributed by atoms with E-state index in [1.165, 1.54) is 0 Å². The largest absolute Gasteiger partial charge is 0.352 e. The first-order valence-electron chi connectivity index (χ1n) is 6.17. The second kappa shape index (κ2) is 5.31. The van der Waals surface area contributed by atoms with Gasteiger partial charge in [-0.2, -0.15) is 0 Å². The van der Waals surface area contributed by atoms with Crippen LogP contribution in [0, 0.1) is 0 Å². The lowest BCUT2D eigenvalue weighted by atomic mass is 10.2. The van der Waals surface area contributed by atoms with Crippen LogP contribution in [0.5, 0.6) is 0 Å². The lowest BCUT2D eigenvalue weighted by molar-refractivity contribution is -0.119. The monoisotopic (exact) mass is 236 g/mol. The summed E-state index contributed by atoms with van der Waals surface area (Å²) in [5.41, 5.74) is 0. The van der Waals surface area contributed by atoms with E-state index in [4.69, 9.17) is 0 Å². The van der Waals surface area contributed by atoms with E-state index in [1.54, 1.807) is 6.20 Å². The molecule has 2 heterocycles. The molecule has 0 aromatic carbocycles. The maximum absolute atomic E-state index is 11.2. The first-order chi connectivity index (χ1) is 8.15. The zero-order chi connectivity index (χ0) is 12.3. The number of nitrogens with one attached hydrogen (secondary N) is 2. The van der Waals surface area contributed by atoms with Gasteiger partial charge in [0.15, 0.2) is 0 Å². The first kappa shape index (κ1) is 12.1. The zero-order valence-corrected chi connectivity index (χ0v) is 10.4. The molecule has 1 saturated heterocycles. The van der Waals surface area contributed by atoms with E-state index in [0.29, 0.717) is 18.5 Å². The second-order valence-corrected chi connectivity index (χ2v) is 4.86. The highest BCUT2D eigenvalue weighted by atomic mass is 16.1. The van der Waals surface area contributed by atoms with Crippen molar-refractivity contribution >= 4 is 5.91 Å². The first-order valence-corrected chi connectivity index (χ1v) is 6.17. The SMILES string of the molecule is CC(C)N(Cc1ncc[nH]1)CC1CCC(=O)N1. The summed E-state index contributed by atoms with van der Waals surface area (Å²) in [7, 11) is 0. The molecule has 0 radical (unpaired) electrons. The van der Waals surface area contributed by atoms with Crippen molar-refractivity contribution in [1.29, 1.82) is 0 Å². The molecule has 1 atom stereocenters. The Bertz CT molecular complexity index is 361. The van der Waals surface area contributed by atoms with Crippen LogP contribution in [-0.2, 0) is 11.3 Å². The summed E-state index contributed by atoms with van der Waals surface area (Å²) in [4.78, 5) is 20.9. The minimum absolute atomic E-state index is 0.178. The fourth-order valence-corrected chi connectivity index (χ4v) is 2.13. The average Bonchev–Trinajstić information content (AvgIpc) is 2.89. The number of hydrogen-bond donors (Lipinski definition) is 2. The van der Waals surface area contributed by atoms with E-state index in [1.807, 2.05) is 6.20 Å². The van der Waals surface area contributed by atoms with Crippen LogP contribution >= 0.6 is 0 Å². The van der Waals surface area contributed by atoms with Crippen molar-refractivity contribution in [3.05, 3.63) is 18.2 Å². The molecule has 1 unspecified atom stereocenters. The fourth-order valence-electron chi connectivity index (χ4n) is 2.13. The summed E-state index contributed by atoms with van der Waals surface area (Å²) in [5.74, 6) is 1.15. The zero-order valence-electron chi connectivity index (χ0n) is 10.4. The summed E-state index contributed by atoms with van der Waals surface area (Å²) in [6.07, 6.45) is 5.22. The Morgan fingerprint density at radius 2 is 2.41 bits per heavy atom. The molecule has 2 N–H and O–H groups in total. The van der Waals surface area contributed by atoms with Gasteiger partial charge in [-0.1, -0.05) is 0 Å². The van der Waals surface area contributed by atoms with Crippen molar-refractivity contribution in [2.24, 2.45) is 0 Å². The van der Waals surface area contributed by atoms with Crippen LogP contribution in [0.4, 0.5) is 0 Å². The number of aromatic amines is 1. The quantitative estimate of drug-likeness (QED) is 0.798. The van der Waals surface area contributed by atoms with E-state index in [0.717, 1.165) is 25.3 Å². The topological polar surface area (TPSA) is 61.0 Å². The summed E-state index contributed by atoms with van der Waals surface area (Å²) >= 11 is 0. The van der Waals surface area contributed by atoms with Gasteiger partial charge >= 0.3 is 0 Å². The molecule has 1 aliphatic heterocycles. The summed E-state index contributed by atoms with van der Waals surface area (Å²) in [6.45, 7) is 6.03. The molecule has 5 nitrogen and oxygen atoms in total. The molecule has 5 heteroatoms. The molecule has 1 amide bonds. The van der Waals surface area contributed by atoms with Gasteiger partial charge in [-0.3, -0.25) is 9.69 Å². The minimum atomic E-state index is 0.178. The number of imidazole rings is 1. The third-order valence-electron chi connectivity index (χ3n) is 3.18. The Hall–Kier alpha value is -1.36. The lowest BCUT2D eigenvalue weighted by Crippen LogP contribution is -2.41. The van der Waals surface area contributed by atoms with Crippen LogP contribution in [0.25, 0.3) is 0 Å². The highest BCUT2D eigenvalue weighted by Crippen LogP contribution is 2.12. The molecule has 0 spiro atoms. The number of amides is 1. The molecule has 1 aliphatic rings.